The van der Waals surface area contributed by atoms with Crippen molar-refractivity contribution in [3.63, 3.8) is 0 Å². The maximum atomic E-state index is 14.6. The third-order valence-electron chi connectivity index (χ3n) is 7.92. The van der Waals surface area contributed by atoms with Crippen LogP contribution in [0.3, 0.4) is 0 Å². The van der Waals surface area contributed by atoms with Gasteiger partial charge >= 0.3 is 7.32 Å². The summed E-state index contributed by atoms with van der Waals surface area (Å²) in [6.45, 7) is 5.60. The van der Waals surface area contributed by atoms with Gasteiger partial charge in [0.25, 0.3) is 0 Å². The molecule has 0 fully saturated rings. The van der Waals surface area contributed by atoms with Gasteiger partial charge in [-0.05, 0) is 25.1 Å². The van der Waals surface area contributed by atoms with Gasteiger partial charge in [0.1, 0.15) is 17.1 Å². The fourth-order valence-corrected chi connectivity index (χ4v) is 5.12. The molecule has 6 aromatic carbocycles. The minimum atomic E-state index is -2.94. The van der Waals surface area contributed by atoms with Crippen LogP contribution in [0, 0.1) is 100 Å². The molecular weight excluding hydrogens is 826 g/mol. The van der Waals surface area contributed by atoms with Gasteiger partial charge in [-0.2, -0.15) is 17.6 Å². The Morgan fingerprint density at radius 2 is 0.881 bits per heavy atom. The zero-order chi connectivity index (χ0) is 43.5. The van der Waals surface area contributed by atoms with E-state index >= 15 is 0 Å². The lowest BCUT2D eigenvalue weighted by Crippen LogP contribution is -2.97. The molecular formula is C39H19BF15NO3. The largest absolute Gasteiger partial charge is 0.864 e. The average Bonchev–Trinajstić information content (AvgIpc) is 3.23. The van der Waals surface area contributed by atoms with Crippen molar-refractivity contribution in [2.45, 2.75) is 6.92 Å². The smallest absolute Gasteiger partial charge is 0.489 e. The Morgan fingerprint density at radius 1 is 0.475 bits per heavy atom. The Hall–Kier alpha value is -6.57. The first-order valence-electron chi connectivity index (χ1n) is 16.1. The van der Waals surface area contributed by atoms with E-state index in [1.54, 1.807) is 48.5 Å². The zero-order valence-corrected chi connectivity index (χ0v) is 29.2. The number of hydrogen-bond acceptors (Lipinski definition) is 3. The molecule has 0 bridgehead atoms. The minimum absolute atomic E-state index is 0.0731. The lowest BCUT2D eigenvalue weighted by molar-refractivity contribution is -0.681. The summed E-state index contributed by atoms with van der Waals surface area (Å²) in [5, 5.41) is 0. The summed E-state index contributed by atoms with van der Waals surface area (Å²) in [4.78, 5) is 0.578. The molecule has 0 saturated carbocycles. The van der Waals surface area contributed by atoms with Crippen LogP contribution in [0.4, 0.5) is 82.9 Å². The van der Waals surface area contributed by atoms with Gasteiger partial charge in [0.05, 0.1) is 34.6 Å². The van der Waals surface area contributed by atoms with Gasteiger partial charge in [-0.3, -0.25) is 8.78 Å². The molecule has 0 radical (unpaired) electrons. The predicted molar refractivity (Wildman–Crippen MR) is 179 cm³/mol. The van der Waals surface area contributed by atoms with Gasteiger partial charge in [-0.15, -0.1) is 6.07 Å². The Kier molecular flexibility index (Phi) is 13.2. The summed E-state index contributed by atoms with van der Waals surface area (Å²) in [7, 11) is -2.94. The number of halogens is 15. The summed E-state index contributed by atoms with van der Waals surface area (Å²) in [5.74, 6) is -39.8. The zero-order valence-electron chi connectivity index (χ0n) is 29.2. The number of benzene rings is 6. The van der Waals surface area contributed by atoms with Crippen LogP contribution < -0.4 is 18.9 Å². The maximum Gasteiger partial charge on any atom is 0.864 e. The first-order valence-corrected chi connectivity index (χ1v) is 16.1. The molecule has 0 saturated heterocycles. The highest BCUT2D eigenvalue weighted by Gasteiger charge is 2.40. The second-order valence-corrected chi connectivity index (χ2v) is 11.7. The third kappa shape index (κ3) is 8.81. The molecule has 1 atom stereocenters. The van der Waals surface area contributed by atoms with Gasteiger partial charge in [-0.25, -0.2) is 44.4 Å². The summed E-state index contributed by atoms with van der Waals surface area (Å²) >= 11 is 0. The maximum absolute atomic E-state index is 14.6. The lowest BCUT2D eigenvalue weighted by Gasteiger charge is -2.23. The van der Waals surface area contributed by atoms with Crippen molar-refractivity contribution in [1.29, 1.82) is 0 Å². The van der Waals surface area contributed by atoms with E-state index in [0.717, 1.165) is 11.6 Å². The van der Waals surface area contributed by atoms with Gasteiger partial charge in [-0.1, -0.05) is 54.6 Å². The molecule has 0 amide bonds. The molecule has 4 nitrogen and oxygen atoms in total. The quantitative estimate of drug-likeness (QED) is 0.0490. The molecule has 0 aromatic heterocycles. The molecule has 1 unspecified atom stereocenters. The molecule has 1 N–H and O–H groups in total. The molecule has 0 spiro atoms. The lowest BCUT2D eigenvalue weighted by atomic mass is 10.1. The van der Waals surface area contributed by atoms with E-state index in [-0.39, 0.29) is 11.3 Å². The first kappa shape index (κ1) is 43.6. The van der Waals surface area contributed by atoms with Crippen molar-refractivity contribution in [2.75, 3.05) is 0 Å². The van der Waals surface area contributed by atoms with Gasteiger partial charge in [0.15, 0.2) is 17.2 Å². The average molecular weight is 845 g/mol. The second-order valence-electron chi connectivity index (χ2n) is 11.7. The molecule has 0 heterocycles. The monoisotopic (exact) mass is 845 g/mol. The molecule has 0 aliphatic rings. The summed E-state index contributed by atoms with van der Waals surface area (Å²) < 4.78 is 217. The Labute approximate surface area is 323 Å². The number of hydrogen-bond donors (Lipinski definition) is 1. The fraction of sp³-hybridized carbons (Fsp3) is 0.0256. The Morgan fingerprint density at radius 3 is 1.32 bits per heavy atom. The van der Waals surface area contributed by atoms with Crippen molar-refractivity contribution < 1.29 is 84.7 Å². The number of para-hydroxylation sites is 1. The molecule has 59 heavy (non-hydrogen) atoms. The van der Waals surface area contributed by atoms with Crippen molar-refractivity contribution in [3.05, 3.63) is 184 Å². The van der Waals surface area contributed by atoms with E-state index in [9.17, 15) is 65.9 Å². The highest BCUT2D eigenvalue weighted by atomic mass is 19.2. The number of nitrogens with one attached hydrogen (secondary N) is 1. The van der Waals surface area contributed by atoms with Gasteiger partial charge in [0, 0.05) is 18.2 Å². The molecule has 6 rings (SSSR count). The molecule has 6 aromatic rings. The van der Waals surface area contributed by atoms with Crippen LogP contribution in [0.1, 0.15) is 11.1 Å². The molecule has 306 valence electrons. The Bertz CT molecular complexity index is 2390. The van der Waals surface area contributed by atoms with Crippen LogP contribution >= 0.6 is 0 Å². The highest BCUT2D eigenvalue weighted by Crippen LogP contribution is 2.35. The number of rotatable bonds is 10. The standard InChI is InChI=1S/C33H18BF10NO3.C6F5/c1-3-19-20(45(17-8-5-4-6-9-17)18-14-12-16(2)13-15-18)10-7-11-21(19)46-34(47-32-28(41)24(37)22(35)25(38)29(32)42)48-33-30(43)26(39)23(36)27(40)31(33)44;7-2-1-3(8)5(10)6(11)4(2)9/h3-15H,1H2,2H3;/q;-1/p+1. The number of aryl methyl sites for hydroxylation is 1. The van der Waals surface area contributed by atoms with E-state index in [4.69, 9.17) is 14.0 Å². The van der Waals surface area contributed by atoms with E-state index in [2.05, 4.69) is 6.58 Å². The molecule has 0 aliphatic carbocycles. The van der Waals surface area contributed by atoms with E-state index < -0.39 is 106 Å². The normalized spacial score (nSPS) is 11.4. The highest BCUT2D eigenvalue weighted by molar-refractivity contribution is 6.39. The van der Waals surface area contributed by atoms with Gasteiger partial charge < -0.3 is 14.0 Å². The van der Waals surface area contributed by atoms with Gasteiger partial charge in [0.2, 0.25) is 58.2 Å². The van der Waals surface area contributed by atoms with Crippen molar-refractivity contribution in [2.24, 2.45) is 0 Å². The van der Waals surface area contributed by atoms with E-state index in [0.29, 0.717) is 22.0 Å². The Balaban J connectivity index is 0.000000520. The predicted octanol–water partition coefficient (Wildman–Crippen LogP) is 10.9. The van der Waals surface area contributed by atoms with Crippen LogP contribution in [0.15, 0.2) is 79.4 Å². The molecule has 20 heteroatoms. The van der Waals surface area contributed by atoms with E-state index in [1.165, 1.54) is 18.2 Å². The fourth-order valence-electron chi connectivity index (χ4n) is 5.12. The molecule has 0 aliphatic heterocycles. The summed E-state index contributed by atoms with van der Waals surface area (Å²) in [6.07, 6.45) is 1.23. The summed E-state index contributed by atoms with van der Waals surface area (Å²) in [6, 6.07) is 21.3. The second kappa shape index (κ2) is 17.9. The van der Waals surface area contributed by atoms with Crippen LogP contribution in [0.2, 0.25) is 0 Å². The van der Waals surface area contributed by atoms with Crippen LogP contribution in [-0.2, 0) is 0 Å². The number of quaternary nitrogens is 1. The van der Waals surface area contributed by atoms with Crippen molar-refractivity contribution in [1.82, 2.24) is 0 Å². The summed E-state index contributed by atoms with van der Waals surface area (Å²) in [5.41, 5.74) is 2.74. The topological polar surface area (TPSA) is 32.1 Å². The van der Waals surface area contributed by atoms with Crippen molar-refractivity contribution in [3.8, 4) is 17.2 Å². The van der Waals surface area contributed by atoms with Crippen LogP contribution in [0.5, 0.6) is 17.2 Å². The van der Waals surface area contributed by atoms with Crippen molar-refractivity contribution >= 4 is 30.5 Å². The van der Waals surface area contributed by atoms with E-state index in [1.807, 2.05) is 19.1 Å². The minimum Gasteiger partial charge on any atom is -0.489 e. The third-order valence-corrected chi connectivity index (χ3v) is 7.92. The SMILES string of the molecule is C=Cc1c(OB(Oc2c(F)c(F)c(F)c(F)c2F)Oc2c(F)c(F)c(F)c(F)c2F)cccc1[NH+](c1ccccc1)c1ccc(C)cc1.Fc1[c-]c(F)c(F)c(F)c1F. The first-order chi connectivity index (χ1) is 27.9. The van der Waals surface area contributed by atoms with Crippen LogP contribution in [-0.4, -0.2) is 7.32 Å². The van der Waals surface area contributed by atoms with Crippen LogP contribution in [0.25, 0.3) is 6.08 Å².